The molecule has 0 radical (unpaired) electrons. The Morgan fingerprint density at radius 3 is 2.42 bits per heavy atom. The molecule has 1 N–H and O–H groups in total. The minimum Gasteiger partial charge on any atom is -0.372 e. The number of nitrogens with one attached hydrogen (secondary N) is 1. The van der Waals surface area contributed by atoms with Crippen molar-refractivity contribution < 1.29 is 9.66 Å². The molecular formula is C18H25N3O3. The second kappa shape index (κ2) is 5.77. The molecule has 1 aliphatic heterocycles. The number of nitro groups is 1. The van der Waals surface area contributed by atoms with Crippen molar-refractivity contribution in [2.75, 3.05) is 18.0 Å². The number of benzene rings is 1. The highest BCUT2D eigenvalue weighted by Gasteiger charge is 2.27. The van der Waals surface area contributed by atoms with Gasteiger partial charge >= 0.3 is 0 Å². The number of aromatic nitrogens is 1. The van der Waals surface area contributed by atoms with Gasteiger partial charge in [-0.15, -0.1) is 0 Å². The van der Waals surface area contributed by atoms with Gasteiger partial charge in [0, 0.05) is 30.3 Å². The number of fused-ring (bicyclic) bond motifs is 1. The summed E-state index contributed by atoms with van der Waals surface area (Å²) in [5.74, 6) is 0. The first-order valence-corrected chi connectivity index (χ1v) is 8.38. The van der Waals surface area contributed by atoms with Crippen LogP contribution in [0.5, 0.6) is 0 Å². The van der Waals surface area contributed by atoms with Gasteiger partial charge in [-0.3, -0.25) is 10.1 Å². The van der Waals surface area contributed by atoms with Gasteiger partial charge in [-0.25, -0.2) is 0 Å². The van der Waals surface area contributed by atoms with Crippen LogP contribution in [0.15, 0.2) is 18.2 Å². The van der Waals surface area contributed by atoms with Crippen LogP contribution in [-0.2, 0) is 10.2 Å². The summed E-state index contributed by atoms with van der Waals surface area (Å²) in [4.78, 5) is 16.8. The van der Waals surface area contributed by atoms with Crippen LogP contribution in [0.2, 0.25) is 0 Å². The van der Waals surface area contributed by atoms with Crippen molar-refractivity contribution >= 4 is 22.3 Å². The molecule has 6 nitrogen and oxygen atoms in total. The Bertz CT molecular complexity index is 766. The Morgan fingerprint density at radius 1 is 1.25 bits per heavy atom. The standard InChI is InChI=1S/C18H25N3O3/c1-11-9-20(10-12(2)24-11)15-7-6-14(21(22)23)13-8-16(18(3,4)5)19-17(13)15/h6-8,11-12,19H,9-10H2,1-5H3/t11-,12+. The molecule has 6 heteroatoms. The third kappa shape index (κ3) is 2.98. The van der Waals surface area contributed by atoms with Gasteiger partial charge in [-0.1, -0.05) is 20.8 Å². The van der Waals surface area contributed by atoms with E-state index in [0.29, 0.717) is 5.39 Å². The molecule has 130 valence electrons. The zero-order chi connectivity index (χ0) is 17.6. The minimum atomic E-state index is -0.309. The number of hydrogen-bond donors (Lipinski definition) is 1. The zero-order valence-electron chi connectivity index (χ0n) is 14.9. The van der Waals surface area contributed by atoms with E-state index in [2.05, 4.69) is 44.5 Å². The van der Waals surface area contributed by atoms with E-state index >= 15 is 0 Å². The van der Waals surface area contributed by atoms with Gasteiger partial charge in [0.05, 0.1) is 33.7 Å². The fourth-order valence-corrected chi connectivity index (χ4v) is 3.39. The molecule has 2 aromatic rings. The average Bonchev–Trinajstić information content (AvgIpc) is 2.89. The molecule has 3 rings (SSSR count). The Morgan fingerprint density at radius 2 is 1.88 bits per heavy atom. The van der Waals surface area contributed by atoms with Crippen LogP contribution in [0.25, 0.3) is 10.9 Å². The highest BCUT2D eigenvalue weighted by Crippen LogP contribution is 2.37. The van der Waals surface area contributed by atoms with Crippen LogP contribution in [0.3, 0.4) is 0 Å². The molecule has 1 saturated heterocycles. The number of hydrogen-bond acceptors (Lipinski definition) is 4. The number of rotatable bonds is 2. The maximum atomic E-state index is 11.4. The predicted octanol–water partition coefficient (Wildman–Crippen LogP) is 3.99. The third-order valence-electron chi connectivity index (χ3n) is 4.51. The van der Waals surface area contributed by atoms with E-state index in [9.17, 15) is 10.1 Å². The molecule has 0 amide bonds. The van der Waals surface area contributed by atoms with Crippen LogP contribution < -0.4 is 4.90 Å². The first-order chi connectivity index (χ1) is 11.2. The fourth-order valence-electron chi connectivity index (χ4n) is 3.39. The zero-order valence-corrected chi connectivity index (χ0v) is 14.9. The van der Waals surface area contributed by atoms with Gasteiger partial charge in [-0.2, -0.15) is 0 Å². The molecule has 0 bridgehead atoms. The van der Waals surface area contributed by atoms with Crippen LogP contribution in [0, 0.1) is 10.1 Å². The number of non-ortho nitro benzene ring substituents is 1. The second-order valence-corrected chi connectivity index (χ2v) is 7.74. The summed E-state index contributed by atoms with van der Waals surface area (Å²) in [6, 6.07) is 5.39. The number of aromatic amines is 1. The van der Waals surface area contributed by atoms with E-state index < -0.39 is 0 Å². The van der Waals surface area contributed by atoms with Crippen molar-refractivity contribution in [2.45, 2.75) is 52.2 Å². The number of anilines is 1. The summed E-state index contributed by atoms with van der Waals surface area (Å²) < 4.78 is 5.81. The first-order valence-electron chi connectivity index (χ1n) is 8.38. The minimum absolute atomic E-state index is 0.101. The maximum Gasteiger partial charge on any atom is 0.278 e. The van der Waals surface area contributed by atoms with E-state index in [1.54, 1.807) is 6.07 Å². The smallest absolute Gasteiger partial charge is 0.278 e. The monoisotopic (exact) mass is 331 g/mol. The highest BCUT2D eigenvalue weighted by molar-refractivity contribution is 5.98. The Kier molecular flexibility index (Phi) is 4.03. The van der Waals surface area contributed by atoms with E-state index in [4.69, 9.17) is 4.74 Å². The molecule has 1 aromatic carbocycles. The summed E-state index contributed by atoms with van der Waals surface area (Å²) in [5.41, 5.74) is 2.90. The Hall–Kier alpha value is -2.08. The molecular weight excluding hydrogens is 306 g/mol. The number of ether oxygens (including phenoxy) is 1. The van der Waals surface area contributed by atoms with Gasteiger partial charge in [0.2, 0.25) is 0 Å². The lowest BCUT2D eigenvalue weighted by Gasteiger charge is -2.37. The lowest BCUT2D eigenvalue weighted by molar-refractivity contribution is -0.383. The fraction of sp³-hybridized carbons (Fsp3) is 0.556. The summed E-state index contributed by atoms with van der Waals surface area (Å²) in [6.45, 7) is 12.0. The van der Waals surface area contributed by atoms with Gasteiger partial charge in [0.1, 0.15) is 0 Å². The van der Waals surface area contributed by atoms with Crippen molar-refractivity contribution in [3.8, 4) is 0 Å². The van der Waals surface area contributed by atoms with E-state index in [0.717, 1.165) is 30.0 Å². The third-order valence-corrected chi connectivity index (χ3v) is 4.51. The molecule has 1 fully saturated rings. The molecule has 1 aromatic heterocycles. The van der Waals surface area contributed by atoms with Crippen LogP contribution in [0.1, 0.15) is 40.3 Å². The van der Waals surface area contributed by atoms with Gasteiger partial charge < -0.3 is 14.6 Å². The van der Waals surface area contributed by atoms with Crippen molar-refractivity contribution in [3.05, 3.63) is 34.0 Å². The first kappa shape index (κ1) is 16.8. The van der Waals surface area contributed by atoms with E-state index in [-0.39, 0.29) is 28.2 Å². The normalized spacial score (nSPS) is 22.1. The lowest BCUT2D eigenvalue weighted by Crippen LogP contribution is -2.45. The van der Waals surface area contributed by atoms with Crippen LogP contribution in [-0.4, -0.2) is 35.2 Å². The molecule has 24 heavy (non-hydrogen) atoms. The van der Waals surface area contributed by atoms with Gasteiger partial charge in [0.15, 0.2) is 0 Å². The van der Waals surface area contributed by atoms with Crippen LogP contribution >= 0.6 is 0 Å². The van der Waals surface area contributed by atoms with Crippen LogP contribution in [0.4, 0.5) is 11.4 Å². The summed E-state index contributed by atoms with van der Waals surface area (Å²) in [7, 11) is 0. The Labute approximate surface area is 141 Å². The SMILES string of the molecule is C[C@@H]1CN(c2ccc([N+](=O)[O-])c3cc(C(C)(C)C)[nH]c23)C[C@H](C)O1. The van der Waals surface area contributed by atoms with Gasteiger partial charge in [0.25, 0.3) is 5.69 Å². The van der Waals surface area contributed by atoms with Crippen molar-refractivity contribution in [1.82, 2.24) is 4.98 Å². The lowest BCUT2D eigenvalue weighted by atomic mass is 9.92. The maximum absolute atomic E-state index is 11.4. The number of nitro benzene ring substituents is 1. The Balaban J connectivity index is 2.16. The molecule has 0 aliphatic carbocycles. The van der Waals surface area contributed by atoms with E-state index in [1.807, 2.05) is 12.1 Å². The largest absolute Gasteiger partial charge is 0.372 e. The molecule has 0 unspecified atom stereocenters. The molecule has 0 spiro atoms. The summed E-state index contributed by atoms with van der Waals surface area (Å²) in [5, 5.41) is 12.1. The summed E-state index contributed by atoms with van der Waals surface area (Å²) >= 11 is 0. The van der Waals surface area contributed by atoms with Gasteiger partial charge in [-0.05, 0) is 26.0 Å². The van der Waals surface area contributed by atoms with Crippen molar-refractivity contribution in [2.24, 2.45) is 0 Å². The summed E-state index contributed by atoms with van der Waals surface area (Å²) in [6.07, 6.45) is 0.270. The molecule has 2 heterocycles. The average molecular weight is 331 g/mol. The second-order valence-electron chi connectivity index (χ2n) is 7.74. The van der Waals surface area contributed by atoms with Crippen molar-refractivity contribution in [3.63, 3.8) is 0 Å². The molecule has 2 atom stereocenters. The quantitative estimate of drug-likeness (QED) is 0.667. The predicted molar refractivity (Wildman–Crippen MR) is 95.9 cm³/mol. The number of nitrogens with zero attached hydrogens (tertiary/aromatic N) is 2. The van der Waals surface area contributed by atoms with Crippen molar-refractivity contribution in [1.29, 1.82) is 0 Å². The topological polar surface area (TPSA) is 71.4 Å². The number of morpholine rings is 1. The molecule has 1 aliphatic rings. The highest BCUT2D eigenvalue weighted by atomic mass is 16.6. The number of H-pyrrole nitrogens is 1. The van der Waals surface area contributed by atoms with E-state index in [1.165, 1.54) is 0 Å². The molecule has 0 saturated carbocycles.